The van der Waals surface area contributed by atoms with Gasteiger partial charge in [-0.3, -0.25) is 0 Å². The van der Waals surface area contributed by atoms with E-state index in [1.54, 1.807) is 9.98 Å². The van der Waals surface area contributed by atoms with Gasteiger partial charge in [0.2, 0.25) is 0 Å². The third kappa shape index (κ3) is 7.86. The second kappa shape index (κ2) is 10.8. The fourth-order valence-electron chi connectivity index (χ4n) is 3.03. The van der Waals surface area contributed by atoms with Gasteiger partial charge in [0.25, 0.3) is 0 Å². The van der Waals surface area contributed by atoms with Crippen LogP contribution in [-0.2, 0) is 9.47 Å². The molecule has 0 heterocycles. The Morgan fingerprint density at radius 3 is 2.12 bits per heavy atom. The molecular formula is C20H38GeO3. The fourth-order valence-corrected chi connectivity index (χ4v) is 7.03. The molecule has 1 aliphatic carbocycles. The van der Waals surface area contributed by atoms with Gasteiger partial charge in [0.15, 0.2) is 0 Å². The van der Waals surface area contributed by atoms with E-state index in [-0.39, 0.29) is 0 Å². The molecule has 0 unspecified atom stereocenters. The van der Waals surface area contributed by atoms with E-state index in [9.17, 15) is 5.11 Å². The van der Waals surface area contributed by atoms with Crippen molar-refractivity contribution in [1.29, 1.82) is 0 Å². The van der Waals surface area contributed by atoms with Gasteiger partial charge in [-0.15, -0.1) is 0 Å². The summed E-state index contributed by atoms with van der Waals surface area (Å²) >= 11 is -1.78. The summed E-state index contributed by atoms with van der Waals surface area (Å²) in [6.45, 7) is 5.37. The summed E-state index contributed by atoms with van der Waals surface area (Å²) in [5.74, 6) is 5.94. The number of allylic oxidation sites excluding steroid dienone is 4. The number of aliphatic hydroxyl groups is 1. The summed E-state index contributed by atoms with van der Waals surface area (Å²) in [6, 6.07) is 0. The molecule has 0 aromatic heterocycles. The van der Waals surface area contributed by atoms with E-state index in [2.05, 4.69) is 43.3 Å². The van der Waals surface area contributed by atoms with Gasteiger partial charge in [0.05, 0.1) is 0 Å². The molecule has 0 aliphatic heterocycles. The molecule has 0 spiro atoms. The Morgan fingerprint density at radius 2 is 1.62 bits per heavy atom. The summed E-state index contributed by atoms with van der Waals surface area (Å²) in [7, 11) is 0. The molecule has 4 heteroatoms. The number of rotatable bonds is 13. The van der Waals surface area contributed by atoms with E-state index >= 15 is 0 Å². The number of hydrogen-bond acceptors (Lipinski definition) is 3. The minimum atomic E-state index is -1.78. The van der Waals surface area contributed by atoms with Crippen molar-refractivity contribution in [2.45, 2.75) is 88.5 Å². The van der Waals surface area contributed by atoms with Crippen molar-refractivity contribution in [2.75, 3.05) is 13.2 Å². The van der Waals surface area contributed by atoms with Gasteiger partial charge in [-0.2, -0.15) is 0 Å². The zero-order valence-electron chi connectivity index (χ0n) is 16.5. The van der Waals surface area contributed by atoms with Crippen molar-refractivity contribution < 1.29 is 14.6 Å². The van der Waals surface area contributed by atoms with Crippen LogP contribution in [0.4, 0.5) is 0 Å². The summed E-state index contributed by atoms with van der Waals surface area (Å²) in [6.07, 6.45) is 12.3. The van der Waals surface area contributed by atoms with Gasteiger partial charge in [0.1, 0.15) is 0 Å². The molecule has 0 aromatic carbocycles. The van der Waals surface area contributed by atoms with Gasteiger partial charge >= 0.3 is 152 Å². The molecule has 0 amide bonds. The maximum atomic E-state index is 10.7. The van der Waals surface area contributed by atoms with Crippen molar-refractivity contribution in [3.63, 3.8) is 0 Å². The molecule has 0 aromatic rings. The average molecular weight is 399 g/mol. The molecule has 1 rings (SSSR count). The zero-order valence-corrected chi connectivity index (χ0v) is 18.6. The third-order valence-corrected chi connectivity index (χ3v) is 8.94. The molecule has 0 radical (unpaired) electrons. The van der Waals surface area contributed by atoms with E-state index < -0.39 is 19.2 Å². The van der Waals surface area contributed by atoms with Crippen LogP contribution in [0.2, 0.25) is 17.3 Å². The summed E-state index contributed by atoms with van der Waals surface area (Å²) < 4.78 is 13.0. The Kier molecular flexibility index (Phi) is 9.87. The first-order valence-electron chi connectivity index (χ1n) is 9.71. The first-order valence-corrected chi connectivity index (χ1v) is 17.1. The molecule has 0 atom stereocenters. The summed E-state index contributed by atoms with van der Waals surface area (Å²) in [5, 5.41) is 10.7. The van der Waals surface area contributed by atoms with Crippen LogP contribution in [0.5, 0.6) is 0 Å². The Hall–Kier alpha value is -0.0971. The summed E-state index contributed by atoms with van der Waals surface area (Å²) in [4.78, 5) is 0. The molecular weight excluding hydrogens is 361 g/mol. The van der Waals surface area contributed by atoms with Gasteiger partial charge < -0.3 is 0 Å². The number of unbranched alkanes of at least 4 members (excludes halogenated alkanes) is 2. The van der Waals surface area contributed by atoms with E-state index in [1.807, 2.05) is 0 Å². The Labute approximate surface area is 151 Å². The topological polar surface area (TPSA) is 38.7 Å². The molecule has 0 saturated carbocycles. The van der Waals surface area contributed by atoms with Crippen LogP contribution in [0.15, 0.2) is 22.1 Å². The monoisotopic (exact) mass is 400 g/mol. The first kappa shape index (κ1) is 21.9. The fraction of sp³-hybridized carbons (Fsp3) is 0.800. The minimum absolute atomic E-state index is 0.550. The maximum absolute atomic E-state index is 10.7. The number of ether oxygens (including phenoxy) is 2. The van der Waals surface area contributed by atoms with Crippen molar-refractivity contribution in [1.82, 2.24) is 0 Å². The van der Waals surface area contributed by atoms with Gasteiger partial charge in [-0.05, 0) is 0 Å². The molecule has 140 valence electrons. The second-order valence-electron chi connectivity index (χ2n) is 7.84. The van der Waals surface area contributed by atoms with E-state index in [0.717, 1.165) is 44.9 Å². The van der Waals surface area contributed by atoms with Crippen LogP contribution in [-0.4, -0.2) is 37.6 Å². The molecule has 1 N–H and O–H groups in total. The molecule has 1 aliphatic rings. The van der Waals surface area contributed by atoms with Gasteiger partial charge in [0, 0.05) is 0 Å². The second-order valence-corrected chi connectivity index (χ2v) is 18.4. The predicted octanol–water partition coefficient (Wildman–Crippen LogP) is 5.57. The Morgan fingerprint density at radius 1 is 1.04 bits per heavy atom. The van der Waals surface area contributed by atoms with Gasteiger partial charge in [-0.1, -0.05) is 0 Å². The quantitative estimate of drug-likeness (QED) is 0.250. The van der Waals surface area contributed by atoms with E-state index in [0.29, 0.717) is 19.6 Å². The van der Waals surface area contributed by atoms with Crippen LogP contribution in [0.3, 0.4) is 0 Å². The Balaban J connectivity index is 2.54. The Bertz CT molecular complexity index is 411. The van der Waals surface area contributed by atoms with E-state index in [1.165, 1.54) is 0 Å². The van der Waals surface area contributed by atoms with Crippen LogP contribution in [0.1, 0.15) is 65.2 Å². The molecule has 0 bridgehead atoms. The molecule has 3 nitrogen and oxygen atoms in total. The van der Waals surface area contributed by atoms with Crippen molar-refractivity contribution in [3.05, 3.63) is 22.1 Å². The first-order chi connectivity index (χ1) is 11.3. The normalized spacial score (nSPS) is 15.6. The average Bonchev–Trinajstić information content (AvgIpc) is 2.96. The van der Waals surface area contributed by atoms with Crippen LogP contribution < -0.4 is 0 Å². The third-order valence-electron chi connectivity index (χ3n) is 4.46. The summed E-state index contributed by atoms with van der Waals surface area (Å²) in [5.41, 5.74) is 1.58. The molecule has 0 fully saturated rings. The zero-order chi connectivity index (χ0) is 18.1. The van der Waals surface area contributed by atoms with Gasteiger partial charge in [-0.25, -0.2) is 0 Å². The number of hydrogen-bond donors (Lipinski definition) is 1. The van der Waals surface area contributed by atoms with E-state index in [4.69, 9.17) is 9.47 Å². The molecule has 24 heavy (non-hydrogen) atoms. The standard InChI is InChI=1S/C20H38GeO3/c1-6-8-16-23-20(22,24-17-9-7-2)15-11-13-18-12-10-14-19(18)21(3,4)5/h10,14,22H,6-9,11-13,15-17H2,1-5H3. The molecule has 0 saturated heterocycles. The van der Waals surface area contributed by atoms with Crippen molar-refractivity contribution >= 4 is 13.3 Å². The SMILES string of the molecule is CCCCOC(O)(CCCC1=[C]([Ge]([CH3])([CH3])[CH3])C=CC1)OCCCC. The van der Waals surface area contributed by atoms with Crippen molar-refractivity contribution in [3.8, 4) is 0 Å². The van der Waals surface area contributed by atoms with Crippen LogP contribution in [0, 0.1) is 0 Å². The van der Waals surface area contributed by atoms with Crippen LogP contribution >= 0.6 is 0 Å². The van der Waals surface area contributed by atoms with Crippen molar-refractivity contribution in [2.24, 2.45) is 0 Å². The van der Waals surface area contributed by atoms with Crippen LogP contribution in [0.25, 0.3) is 0 Å². The predicted molar refractivity (Wildman–Crippen MR) is 105 cm³/mol.